The first kappa shape index (κ1) is 19.6. The summed E-state index contributed by atoms with van der Waals surface area (Å²) < 4.78 is 33.3. The van der Waals surface area contributed by atoms with Crippen molar-refractivity contribution in [3.63, 3.8) is 0 Å². The standard InChI is InChI=1S/C16H13ClF2N6O3/c17-8-3-13(19)16(21-6-8)28-10-1-2-11(12(18)5-10)15-22-24-25(23-15)7-9(20)4-14(26)27/h1-3,5-6,9H,4,7,20H2,(H,26,27). The van der Waals surface area contributed by atoms with Gasteiger partial charge in [-0.25, -0.2) is 13.8 Å². The van der Waals surface area contributed by atoms with Crippen LogP contribution in [0.5, 0.6) is 11.6 Å². The summed E-state index contributed by atoms with van der Waals surface area (Å²) in [4.78, 5) is 15.4. The molecule has 28 heavy (non-hydrogen) atoms. The molecule has 3 N–H and O–H groups in total. The summed E-state index contributed by atoms with van der Waals surface area (Å²) >= 11 is 5.62. The van der Waals surface area contributed by atoms with E-state index in [-0.39, 0.29) is 41.0 Å². The number of aromatic nitrogens is 5. The Morgan fingerprint density at radius 2 is 2.11 bits per heavy atom. The lowest BCUT2D eigenvalue weighted by molar-refractivity contribution is -0.137. The van der Waals surface area contributed by atoms with Gasteiger partial charge in [0.15, 0.2) is 5.82 Å². The van der Waals surface area contributed by atoms with Crippen molar-refractivity contribution in [2.24, 2.45) is 5.73 Å². The van der Waals surface area contributed by atoms with E-state index in [1.165, 1.54) is 18.3 Å². The molecule has 2 heterocycles. The van der Waals surface area contributed by atoms with Crippen molar-refractivity contribution in [2.45, 2.75) is 19.0 Å². The van der Waals surface area contributed by atoms with Gasteiger partial charge in [0.2, 0.25) is 5.82 Å². The monoisotopic (exact) mass is 410 g/mol. The lowest BCUT2D eigenvalue weighted by Crippen LogP contribution is -2.30. The van der Waals surface area contributed by atoms with Gasteiger partial charge in [-0.1, -0.05) is 11.6 Å². The van der Waals surface area contributed by atoms with Gasteiger partial charge < -0.3 is 15.6 Å². The topological polar surface area (TPSA) is 129 Å². The number of carboxylic acids is 1. The highest BCUT2D eigenvalue weighted by molar-refractivity contribution is 6.30. The van der Waals surface area contributed by atoms with Gasteiger partial charge in [0.25, 0.3) is 5.88 Å². The number of hydrogen-bond acceptors (Lipinski definition) is 7. The maximum Gasteiger partial charge on any atom is 0.304 e. The van der Waals surface area contributed by atoms with E-state index in [1.54, 1.807) is 0 Å². The third-order valence-electron chi connectivity index (χ3n) is 3.46. The Balaban J connectivity index is 1.75. The molecule has 0 radical (unpaired) electrons. The Hall–Kier alpha value is -3.18. The fourth-order valence-corrected chi connectivity index (χ4v) is 2.40. The Morgan fingerprint density at radius 1 is 1.32 bits per heavy atom. The summed E-state index contributed by atoms with van der Waals surface area (Å²) in [6, 6.07) is 4.03. The van der Waals surface area contributed by atoms with Gasteiger partial charge in [-0.05, 0) is 23.4 Å². The molecule has 1 aromatic carbocycles. The fourth-order valence-electron chi connectivity index (χ4n) is 2.26. The van der Waals surface area contributed by atoms with E-state index in [0.717, 1.165) is 16.9 Å². The predicted octanol–water partition coefficient (Wildman–Crippen LogP) is 2.26. The van der Waals surface area contributed by atoms with Crippen LogP contribution in [0.25, 0.3) is 11.4 Å². The van der Waals surface area contributed by atoms with Crippen LogP contribution in [0.1, 0.15) is 6.42 Å². The first-order chi connectivity index (χ1) is 13.3. The Kier molecular flexibility index (Phi) is 5.76. The number of tetrazole rings is 1. The molecule has 12 heteroatoms. The number of carbonyl (C=O) groups is 1. The summed E-state index contributed by atoms with van der Waals surface area (Å²) in [5.74, 6) is -2.96. The minimum absolute atomic E-state index is 0.00360. The van der Waals surface area contributed by atoms with Crippen LogP contribution in [0.3, 0.4) is 0 Å². The smallest absolute Gasteiger partial charge is 0.304 e. The molecule has 0 aliphatic carbocycles. The van der Waals surface area contributed by atoms with E-state index in [9.17, 15) is 13.6 Å². The van der Waals surface area contributed by atoms with Gasteiger partial charge in [0.05, 0.1) is 23.6 Å². The van der Waals surface area contributed by atoms with Crippen molar-refractivity contribution in [1.82, 2.24) is 25.2 Å². The Morgan fingerprint density at radius 3 is 2.79 bits per heavy atom. The Bertz CT molecular complexity index is 1020. The van der Waals surface area contributed by atoms with Gasteiger partial charge >= 0.3 is 5.97 Å². The van der Waals surface area contributed by atoms with Crippen molar-refractivity contribution in [3.05, 3.63) is 47.1 Å². The van der Waals surface area contributed by atoms with Crippen molar-refractivity contribution in [1.29, 1.82) is 0 Å². The van der Waals surface area contributed by atoms with E-state index in [2.05, 4.69) is 20.4 Å². The molecule has 0 saturated carbocycles. The van der Waals surface area contributed by atoms with Crippen LogP contribution in [0.4, 0.5) is 8.78 Å². The first-order valence-electron chi connectivity index (χ1n) is 7.86. The number of nitrogens with zero attached hydrogens (tertiary/aromatic N) is 5. The highest BCUT2D eigenvalue weighted by Crippen LogP contribution is 2.28. The average molecular weight is 411 g/mol. The van der Waals surface area contributed by atoms with Crippen LogP contribution in [0.2, 0.25) is 5.02 Å². The van der Waals surface area contributed by atoms with E-state index < -0.39 is 23.6 Å². The molecule has 1 unspecified atom stereocenters. The van der Waals surface area contributed by atoms with Crippen LogP contribution in [-0.4, -0.2) is 42.3 Å². The van der Waals surface area contributed by atoms with Gasteiger partial charge in [-0.15, -0.1) is 10.2 Å². The molecule has 0 aliphatic heterocycles. The number of pyridine rings is 1. The minimum Gasteiger partial charge on any atom is -0.481 e. The minimum atomic E-state index is -1.05. The van der Waals surface area contributed by atoms with Gasteiger partial charge in [-0.3, -0.25) is 4.79 Å². The molecule has 0 amide bonds. The molecule has 9 nitrogen and oxygen atoms in total. The molecule has 3 rings (SSSR count). The molecular formula is C16H13ClF2N6O3. The number of benzene rings is 1. The summed E-state index contributed by atoms with van der Waals surface area (Å²) in [6.45, 7) is 0.00360. The van der Waals surface area contributed by atoms with Crippen LogP contribution in [-0.2, 0) is 11.3 Å². The van der Waals surface area contributed by atoms with Gasteiger partial charge in [-0.2, -0.15) is 4.80 Å². The zero-order valence-corrected chi connectivity index (χ0v) is 14.8. The number of rotatable bonds is 7. The summed E-state index contributed by atoms with van der Waals surface area (Å²) in [7, 11) is 0. The molecule has 3 aromatic rings. The third kappa shape index (κ3) is 4.75. The number of carboxylic acid groups (broad SMARTS) is 1. The molecule has 2 aromatic heterocycles. The normalized spacial score (nSPS) is 12.0. The molecule has 0 bridgehead atoms. The van der Waals surface area contributed by atoms with Gasteiger partial charge in [0, 0.05) is 18.3 Å². The van der Waals surface area contributed by atoms with Crippen LogP contribution in [0, 0.1) is 11.6 Å². The van der Waals surface area contributed by atoms with Crippen LogP contribution < -0.4 is 10.5 Å². The van der Waals surface area contributed by atoms with E-state index in [0.29, 0.717) is 0 Å². The number of halogens is 3. The third-order valence-corrected chi connectivity index (χ3v) is 3.66. The van der Waals surface area contributed by atoms with E-state index in [1.807, 2.05) is 0 Å². The lowest BCUT2D eigenvalue weighted by atomic mass is 10.2. The highest BCUT2D eigenvalue weighted by Gasteiger charge is 2.16. The largest absolute Gasteiger partial charge is 0.481 e. The Labute approximate surface area is 161 Å². The molecular weight excluding hydrogens is 398 g/mol. The maximum atomic E-state index is 14.4. The maximum absolute atomic E-state index is 14.4. The number of aliphatic carboxylic acids is 1. The number of ether oxygens (including phenoxy) is 1. The second-order valence-electron chi connectivity index (χ2n) is 5.71. The first-order valence-corrected chi connectivity index (χ1v) is 8.23. The molecule has 0 aliphatic rings. The SMILES string of the molecule is NC(CC(=O)O)Cn1nnc(-c2ccc(Oc3ncc(Cl)cc3F)cc2F)n1. The lowest BCUT2D eigenvalue weighted by Gasteiger charge is -2.07. The zero-order chi connectivity index (χ0) is 20.3. The fraction of sp³-hybridized carbons (Fsp3) is 0.188. The van der Waals surface area contributed by atoms with Crippen LogP contribution >= 0.6 is 11.6 Å². The van der Waals surface area contributed by atoms with Crippen molar-refractivity contribution >= 4 is 17.6 Å². The van der Waals surface area contributed by atoms with E-state index in [4.69, 9.17) is 27.2 Å². The second-order valence-corrected chi connectivity index (χ2v) is 6.15. The van der Waals surface area contributed by atoms with Crippen molar-refractivity contribution in [2.75, 3.05) is 0 Å². The quantitative estimate of drug-likeness (QED) is 0.606. The number of nitrogens with two attached hydrogens (primary N) is 1. The summed E-state index contributed by atoms with van der Waals surface area (Å²) in [5, 5.41) is 20.2. The molecule has 146 valence electrons. The summed E-state index contributed by atoms with van der Waals surface area (Å²) in [6.07, 6.45) is 0.925. The zero-order valence-electron chi connectivity index (χ0n) is 14.1. The van der Waals surface area contributed by atoms with Crippen LogP contribution in [0.15, 0.2) is 30.5 Å². The second kappa shape index (κ2) is 8.23. The van der Waals surface area contributed by atoms with Gasteiger partial charge in [0.1, 0.15) is 11.6 Å². The highest BCUT2D eigenvalue weighted by atomic mass is 35.5. The molecule has 0 spiro atoms. The van der Waals surface area contributed by atoms with E-state index >= 15 is 0 Å². The number of hydrogen-bond donors (Lipinski definition) is 2. The molecule has 0 saturated heterocycles. The molecule has 1 atom stereocenters. The summed E-state index contributed by atoms with van der Waals surface area (Å²) in [5.41, 5.74) is 5.68. The van der Waals surface area contributed by atoms with Crippen molar-refractivity contribution < 1.29 is 23.4 Å². The predicted molar refractivity (Wildman–Crippen MR) is 92.7 cm³/mol. The molecule has 0 fully saturated rings. The average Bonchev–Trinajstić information content (AvgIpc) is 3.04. The van der Waals surface area contributed by atoms with Crippen molar-refractivity contribution in [3.8, 4) is 23.0 Å².